The van der Waals surface area contributed by atoms with Gasteiger partial charge in [-0.3, -0.25) is 0 Å². The predicted octanol–water partition coefficient (Wildman–Crippen LogP) is 5.59. The molecule has 0 radical (unpaired) electrons. The van der Waals surface area contributed by atoms with Gasteiger partial charge in [0.2, 0.25) is 0 Å². The molecule has 3 rings (SSSR count). The second kappa shape index (κ2) is 5.29. The first kappa shape index (κ1) is 14.9. The van der Waals surface area contributed by atoms with Crippen molar-refractivity contribution in [2.45, 2.75) is 56.8 Å². The van der Waals surface area contributed by atoms with Gasteiger partial charge >= 0.3 is 0 Å². The van der Waals surface area contributed by atoms with Crippen molar-refractivity contribution in [3.63, 3.8) is 0 Å². The Morgan fingerprint density at radius 2 is 1.48 bits per heavy atom. The topological polar surface area (TPSA) is 4.93 Å². The van der Waals surface area contributed by atoms with Crippen LogP contribution in [0.15, 0.2) is 48.8 Å². The molecule has 0 amide bonds. The maximum atomic E-state index is 2.44. The van der Waals surface area contributed by atoms with E-state index < -0.39 is 0 Å². The molecule has 2 aromatic rings. The summed E-state index contributed by atoms with van der Waals surface area (Å²) in [5.41, 5.74) is 2.86. The van der Waals surface area contributed by atoms with Gasteiger partial charge in [0.1, 0.15) is 0 Å². The second-order valence-electron chi connectivity index (χ2n) is 7.65. The number of rotatable bonds is 2. The number of nitrogens with zero attached hydrogens (tertiary/aromatic N) is 1. The van der Waals surface area contributed by atoms with Crippen molar-refractivity contribution < 1.29 is 0 Å². The van der Waals surface area contributed by atoms with E-state index in [-0.39, 0.29) is 0 Å². The lowest BCUT2D eigenvalue weighted by Crippen LogP contribution is -2.34. The molecule has 112 valence electrons. The van der Waals surface area contributed by atoms with Crippen LogP contribution in [0, 0.1) is 0 Å². The molecule has 0 N–H and O–H groups in total. The smallest absolute Gasteiger partial charge is 0.0484 e. The summed E-state index contributed by atoms with van der Waals surface area (Å²) in [6.07, 6.45) is 6.90. The van der Waals surface area contributed by atoms with Gasteiger partial charge in [0.05, 0.1) is 0 Å². The van der Waals surface area contributed by atoms with Crippen LogP contribution in [-0.4, -0.2) is 14.9 Å². The van der Waals surface area contributed by atoms with Crippen LogP contribution in [0.4, 0.5) is 0 Å². The SMILES string of the molecule is CC1(C)CC(c2ccccc2-n2cccc2)CC(C)(C)P1. The largest absolute Gasteiger partial charge is 0.324 e. The minimum Gasteiger partial charge on any atom is -0.324 e. The number of para-hydroxylation sites is 1. The van der Waals surface area contributed by atoms with Crippen molar-refractivity contribution in [2.75, 3.05) is 0 Å². The minimum absolute atomic E-state index is 0.455. The average molecular weight is 299 g/mol. The standard InChI is InChI=1S/C19H26NP/c1-18(2)13-15(14-19(3,4)21-18)16-9-5-6-10-17(16)20-11-7-8-12-20/h5-12,15,21H,13-14H2,1-4H3. The Balaban J connectivity index is 2.01. The lowest BCUT2D eigenvalue weighted by atomic mass is 9.81. The first-order valence-electron chi connectivity index (χ1n) is 7.88. The Morgan fingerprint density at radius 1 is 0.905 bits per heavy atom. The summed E-state index contributed by atoms with van der Waals surface area (Å²) < 4.78 is 2.26. The molecule has 21 heavy (non-hydrogen) atoms. The molecule has 0 spiro atoms. The molecule has 1 aromatic carbocycles. The van der Waals surface area contributed by atoms with Crippen molar-refractivity contribution in [3.05, 3.63) is 54.4 Å². The maximum Gasteiger partial charge on any atom is 0.0484 e. The van der Waals surface area contributed by atoms with Gasteiger partial charge in [0, 0.05) is 18.1 Å². The Hall–Kier alpha value is -1.07. The van der Waals surface area contributed by atoms with E-state index in [1.54, 1.807) is 0 Å². The monoisotopic (exact) mass is 299 g/mol. The van der Waals surface area contributed by atoms with Crippen molar-refractivity contribution in [2.24, 2.45) is 0 Å². The van der Waals surface area contributed by atoms with Crippen LogP contribution in [0.1, 0.15) is 52.0 Å². The predicted molar refractivity (Wildman–Crippen MR) is 94.2 cm³/mol. The van der Waals surface area contributed by atoms with E-state index in [0.717, 1.165) is 8.58 Å². The maximum absolute atomic E-state index is 2.44. The lowest BCUT2D eigenvalue weighted by molar-refractivity contribution is 0.420. The Morgan fingerprint density at radius 3 is 2.10 bits per heavy atom. The van der Waals surface area contributed by atoms with E-state index >= 15 is 0 Å². The molecule has 1 aliphatic heterocycles. The quantitative estimate of drug-likeness (QED) is 0.637. The fraction of sp³-hybridized carbons (Fsp3) is 0.474. The van der Waals surface area contributed by atoms with Gasteiger partial charge in [-0.1, -0.05) is 45.9 Å². The van der Waals surface area contributed by atoms with Crippen molar-refractivity contribution in [1.29, 1.82) is 0 Å². The first-order chi connectivity index (χ1) is 9.86. The molecule has 0 saturated carbocycles. The Kier molecular flexibility index (Phi) is 3.74. The summed E-state index contributed by atoms with van der Waals surface area (Å²) in [6, 6.07) is 13.1. The third-order valence-electron chi connectivity index (χ3n) is 4.45. The van der Waals surface area contributed by atoms with Gasteiger partial charge in [-0.05, 0) is 52.8 Å². The lowest BCUT2D eigenvalue weighted by Gasteiger charge is -2.45. The van der Waals surface area contributed by atoms with Gasteiger partial charge < -0.3 is 4.57 Å². The highest BCUT2D eigenvalue weighted by Crippen LogP contribution is 2.57. The summed E-state index contributed by atoms with van der Waals surface area (Å²) in [4.78, 5) is 0. The molecule has 0 aliphatic carbocycles. The Bertz CT molecular complexity index is 594. The Labute approximate surface area is 130 Å². The molecule has 0 unspecified atom stereocenters. The molecule has 1 saturated heterocycles. The van der Waals surface area contributed by atoms with Crippen molar-refractivity contribution in [1.82, 2.24) is 4.57 Å². The minimum atomic E-state index is 0.455. The zero-order valence-corrected chi connectivity index (χ0v) is 14.6. The highest BCUT2D eigenvalue weighted by Gasteiger charge is 2.39. The fourth-order valence-electron chi connectivity index (χ4n) is 4.11. The molecule has 2 heteroatoms. The molecule has 2 heterocycles. The summed E-state index contributed by atoms with van der Waals surface area (Å²) in [5, 5.41) is 0.909. The van der Waals surface area contributed by atoms with Gasteiger partial charge in [0.25, 0.3) is 0 Å². The molecule has 0 atom stereocenters. The van der Waals surface area contributed by atoms with E-state index in [0.29, 0.717) is 16.2 Å². The van der Waals surface area contributed by atoms with E-state index in [4.69, 9.17) is 0 Å². The van der Waals surface area contributed by atoms with Gasteiger partial charge in [-0.25, -0.2) is 0 Å². The van der Waals surface area contributed by atoms with Crippen LogP contribution in [-0.2, 0) is 0 Å². The van der Waals surface area contributed by atoms with Crippen LogP contribution >= 0.6 is 8.58 Å². The molecule has 1 nitrogen and oxygen atoms in total. The van der Waals surface area contributed by atoms with Crippen LogP contribution in [0.2, 0.25) is 0 Å². The fourth-order valence-corrected chi connectivity index (χ4v) is 6.63. The number of aromatic nitrogens is 1. The van der Waals surface area contributed by atoms with Crippen LogP contribution < -0.4 is 0 Å². The normalized spacial score (nSPS) is 25.0. The van der Waals surface area contributed by atoms with Crippen molar-refractivity contribution in [3.8, 4) is 5.69 Å². The highest BCUT2D eigenvalue weighted by atomic mass is 31.1. The second-order valence-corrected chi connectivity index (χ2v) is 10.6. The highest BCUT2D eigenvalue weighted by molar-refractivity contribution is 7.41. The molecule has 1 aliphatic rings. The summed E-state index contributed by atoms with van der Waals surface area (Å²) in [5.74, 6) is 0.662. The zero-order chi connectivity index (χ0) is 15.1. The van der Waals surface area contributed by atoms with E-state index in [9.17, 15) is 0 Å². The third kappa shape index (κ3) is 3.24. The third-order valence-corrected chi connectivity index (χ3v) is 6.21. The summed E-state index contributed by atoms with van der Waals surface area (Å²) >= 11 is 0. The molecule has 1 fully saturated rings. The average Bonchev–Trinajstić information content (AvgIpc) is 2.88. The van der Waals surface area contributed by atoms with Crippen LogP contribution in [0.3, 0.4) is 0 Å². The molecule has 1 aromatic heterocycles. The first-order valence-corrected chi connectivity index (χ1v) is 8.88. The van der Waals surface area contributed by atoms with Gasteiger partial charge in [-0.15, -0.1) is 8.58 Å². The zero-order valence-electron chi connectivity index (χ0n) is 13.6. The van der Waals surface area contributed by atoms with Crippen LogP contribution in [0.5, 0.6) is 0 Å². The van der Waals surface area contributed by atoms with E-state index in [1.807, 2.05) is 0 Å². The number of hydrogen-bond donors (Lipinski definition) is 0. The van der Waals surface area contributed by atoms with Gasteiger partial charge in [0.15, 0.2) is 0 Å². The van der Waals surface area contributed by atoms with Gasteiger partial charge in [-0.2, -0.15) is 0 Å². The number of benzene rings is 1. The summed E-state index contributed by atoms with van der Waals surface area (Å²) in [7, 11) is 1.05. The van der Waals surface area contributed by atoms with E-state index in [1.165, 1.54) is 24.1 Å². The van der Waals surface area contributed by atoms with Crippen molar-refractivity contribution >= 4 is 8.58 Å². The van der Waals surface area contributed by atoms with Crippen LogP contribution in [0.25, 0.3) is 5.69 Å². The van der Waals surface area contributed by atoms with E-state index in [2.05, 4.69) is 81.1 Å². The summed E-state index contributed by atoms with van der Waals surface area (Å²) in [6.45, 7) is 9.77. The number of hydrogen-bond acceptors (Lipinski definition) is 0. The molecular weight excluding hydrogens is 273 g/mol. The molecule has 0 bridgehead atoms. The molecular formula is C19H26NP.